The largest absolute Gasteiger partial charge is 0.420 e. The fourth-order valence-corrected chi connectivity index (χ4v) is 4.81. The zero-order valence-electron chi connectivity index (χ0n) is 13.6. The summed E-state index contributed by atoms with van der Waals surface area (Å²) in [4.78, 5) is 24.4. The number of carbonyl (C=O) groups excluding carboxylic acids is 1. The van der Waals surface area contributed by atoms with E-state index in [0.717, 1.165) is 11.8 Å². The van der Waals surface area contributed by atoms with E-state index in [9.17, 15) is 9.59 Å². The lowest BCUT2D eigenvalue weighted by Crippen LogP contribution is -2.42. The molecule has 128 valence electrons. The Kier molecular flexibility index (Phi) is 3.91. The molecular weight excluding hydrogens is 328 g/mol. The van der Waals surface area contributed by atoms with Crippen molar-refractivity contribution in [3.05, 3.63) is 33.8 Å². The first-order valence-corrected chi connectivity index (χ1v) is 8.97. The van der Waals surface area contributed by atoms with Crippen LogP contribution in [0.4, 0.5) is 0 Å². The van der Waals surface area contributed by atoms with Gasteiger partial charge in [0.05, 0.1) is 5.52 Å². The molecule has 4 rings (SSSR count). The summed E-state index contributed by atoms with van der Waals surface area (Å²) < 4.78 is 6.51. The molecule has 1 heterocycles. The third kappa shape index (κ3) is 2.75. The Morgan fingerprint density at radius 2 is 2.25 bits per heavy atom. The average Bonchev–Trinajstić information content (AvgIpc) is 3.23. The van der Waals surface area contributed by atoms with Crippen LogP contribution in [0.3, 0.4) is 0 Å². The predicted octanol–water partition coefficient (Wildman–Crippen LogP) is 3.19. The normalized spacial score (nSPS) is 26.8. The van der Waals surface area contributed by atoms with E-state index in [1.165, 1.54) is 30.3 Å². The first kappa shape index (κ1) is 15.8. The molecule has 0 saturated heterocycles. The number of aromatic nitrogens is 1. The summed E-state index contributed by atoms with van der Waals surface area (Å²) in [6.45, 7) is 2.04. The number of nitrogens with zero attached hydrogens (tertiary/aromatic N) is 1. The van der Waals surface area contributed by atoms with Crippen molar-refractivity contribution < 1.29 is 9.21 Å². The second-order valence-corrected chi connectivity index (χ2v) is 7.70. The van der Waals surface area contributed by atoms with Gasteiger partial charge in [-0.25, -0.2) is 4.79 Å². The number of halogens is 1. The Bertz CT molecular complexity index is 840. The van der Waals surface area contributed by atoms with E-state index >= 15 is 0 Å². The lowest BCUT2D eigenvalue weighted by molar-refractivity contribution is -0.122. The third-order valence-electron chi connectivity index (χ3n) is 5.75. The quantitative estimate of drug-likeness (QED) is 0.922. The van der Waals surface area contributed by atoms with Crippen LogP contribution in [0.15, 0.2) is 27.4 Å². The van der Waals surface area contributed by atoms with Crippen LogP contribution in [0.2, 0.25) is 5.02 Å². The molecule has 2 aliphatic rings. The van der Waals surface area contributed by atoms with Gasteiger partial charge in [0, 0.05) is 11.1 Å². The molecule has 0 spiro atoms. The van der Waals surface area contributed by atoms with E-state index in [0.29, 0.717) is 22.0 Å². The molecule has 2 saturated carbocycles. The van der Waals surface area contributed by atoms with E-state index in [1.54, 1.807) is 18.2 Å². The number of nitrogens with one attached hydrogen (secondary N) is 1. The average molecular weight is 349 g/mol. The van der Waals surface area contributed by atoms with Crippen LogP contribution in [0.5, 0.6) is 0 Å². The minimum atomic E-state index is -0.532. The maximum atomic E-state index is 12.4. The molecule has 6 heteroatoms. The smallest absolute Gasteiger partial charge is 0.408 e. The van der Waals surface area contributed by atoms with Crippen molar-refractivity contribution >= 4 is 28.6 Å². The van der Waals surface area contributed by atoms with E-state index in [2.05, 4.69) is 12.2 Å². The van der Waals surface area contributed by atoms with Gasteiger partial charge in [0.2, 0.25) is 5.91 Å². The molecule has 1 N–H and O–H groups in total. The number of hydrogen-bond donors (Lipinski definition) is 1. The highest BCUT2D eigenvalue weighted by atomic mass is 35.5. The Hall–Kier alpha value is -1.75. The highest BCUT2D eigenvalue weighted by molar-refractivity contribution is 6.31. The van der Waals surface area contributed by atoms with Crippen molar-refractivity contribution in [2.24, 2.45) is 17.8 Å². The van der Waals surface area contributed by atoms with E-state index in [1.807, 2.05) is 0 Å². The van der Waals surface area contributed by atoms with Gasteiger partial charge in [0.15, 0.2) is 5.58 Å². The molecule has 0 radical (unpaired) electrons. The van der Waals surface area contributed by atoms with Gasteiger partial charge in [0.25, 0.3) is 0 Å². The van der Waals surface area contributed by atoms with Crippen LogP contribution in [0.25, 0.3) is 11.1 Å². The van der Waals surface area contributed by atoms with Gasteiger partial charge in [-0.15, -0.1) is 0 Å². The van der Waals surface area contributed by atoms with Gasteiger partial charge >= 0.3 is 5.76 Å². The summed E-state index contributed by atoms with van der Waals surface area (Å²) in [5, 5.41) is 3.59. The van der Waals surface area contributed by atoms with Crippen molar-refractivity contribution in [1.82, 2.24) is 9.88 Å². The second-order valence-electron chi connectivity index (χ2n) is 7.26. The van der Waals surface area contributed by atoms with Crippen molar-refractivity contribution in [3.63, 3.8) is 0 Å². The van der Waals surface area contributed by atoms with Gasteiger partial charge in [-0.05, 0) is 62.1 Å². The van der Waals surface area contributed by atoms with Crippen LogP contribution in [-0.4, -0.2) is 16.5 Å². The van der Waals surface area contributed by atoms with Crippen LogP contribution >= 0.6 is 11.6 Å². The van der Waals surface area contributed by atoms with E-state index < -0.39 is 5.76 Å². The molecule has 2 aliphatic carbocycles. The van der Waals surface area contributed by atoms with Crippen LogP contribution in [-0.2, 0) is 11.3 Å². The molecule has 2 aromatic rings. The molecule has 1 amide bonds. The molecule has 0 unspecified atom stereocenters. The Morgan fingerprint density at radius 3 is 2.96 bits per heavy atom. The number of oxazole rings is 1. The molecule has 2 bridgehead atoms. The molecule has 1 aromatic heterocycles. The maximum Gasteiger partial charge on any atom is 0.420 e. The molecule has 1 aromatic carbocycles. The summed E-state index contributed by atoms with van der Waals surface area (Å²) >= 11 is 5.99. The molecule has 24 heavy (non-hydrogen) atoms. The first-order chi connectivity index (χ1) is 11.5. The van der Waals surface area contributed by atoms with Crippen LogP contribution in [0.1, 0.15) is 32.6 Å². The minimum Gasteiger partial charge on any atom is -0.408 e. The van der Waals surface area contributed by atoms with Crippen molar-refractivity contribution in [2.45, 2.75) is 45.2 Å². The van der Waals surface area contributed by atoms with Crippen molar-refractivity contribution in [3.8, 4) is 0 Å². The van der Waals surface area contributed by atoms with Gasteiger partial charge in [0.1, 0.15) is 6.54 Å². The summed E-state index contributed by atoms with van der Waals surface area (Å²) in [7, 11) is 0. The molecular formula is C18H21ClN2O3. The number of fused-ring (bicyclic) bond motifs is 3. The maximum absolute atomic E-state index is 12.4. The minimum absolute atomic E-state index is 0.0443. The van der Waals surface area contributed by atoms with Gasteiger partial charge in [-0.3, -0.25) is 9.36 Å². The summed E-state index contributed by atoms with van der Waals surface area (Å²) in [6, 6.07) is 5.10. The number of amides is 1. The van der Waals surface area contributed by atoms with E-state index in [4.69, 9.17) is 16.0 Å². The number of rotatable bonds is 4. The standard InChI is InChI=1S/C18H21ClN2O3/c1-10(14-7-11-2-3-12(14)6-11)20-17(22)9-21-15-8-13(19)4-5-16(15)24-18(21)23/h4-5,8,10-12,14H,2-3,6-7,9H2,1H3,(H,20,22)/t10-,11+,12+,14-/m1/s1. The van der Waals surface area contributed by atoms with Crippen molar-refractivity contribution in [2.75, 3.05) is 0 Å². The lowest BCUT2D eigenvalue weighted by Gasteiger charge is -2.28. The fraction of sp³-hybridized carbons (Fsp3) is 0.556. The highest BCUT2D eigenvalue weighted by Crippen LogP contribution is 2.49. The predicted molar refractivity (Wildman–Crippen MR) is 92.0 cm³/mol. The third-order valence-corrected chi connectivity index (χ3v) is 5.99. The zero-order chi connectivity index (χ0) is 16.8. The first-order valence-electron chi connectivity index (χ1n) is 8.59. The second kappa shape index (κ2) is 5.96. The monoisotopic (exact) mass is 348 g/mol. The highest BCUT2D eigenvalue weighted by Gasteiger charge is 2.42. The Labute approximate surface area is 145 Å². The van der Waals surface area contributed by atoms with Gasteiger partial charge < -0.3 is 9.73 Å². The molecule has 5 nitrogen and oxygen atoms in total. The van der Waals surface area contributed by atoms with Gasteiger partial charge in [-0.2, -0.15) is 0 Å². The van der Waals surface area contributed by atoms with E-state index in [-0.39, 0.29) is 18.5 Å². The number of hydrogen-bond acceptors (Lipinski definition) is 3. The lowest BCUT2D eigenvalue weighted by atomic mass is 9.84. The SMILES string of the molecule is C[C@@H](NC(=O)Cn1c(=O)oc2ccc(Cl)cc21)[C@H]1C[C@H]2CC[C@H]1C2. The fourth-order valence-electron chi connectivity index (χ4n) is 4.64. The van der Waals surface area contributed by atoms with Crippen molar-refractivity contribution in [1.29, 1.82) is 0 Å². The molecule has 0 aliphatic heterocycles. The zero-order valence-corrected chi connectivity index (χ0v) is 14.4. The number of carbonyl (C=O) groups is 1. The molecule has 4 atom stereocenters. The van der Waals surface area contributed by atoms with Crippen LogP contribution in [0, 0.1) is 17.8 Å². The topological polar surface area (TPSA) is 64.2 Å². The van der Waals surface area contributed by atoms with Crippen LogP contribution < -0.4 is 11.1 Å². The van der Waals surface area contributed by atoms with Gasteiger partial charge in [-0.1, -0.05) is 18.0 Å². The Balaban J connectivity index is 1.47. The molecule has 2 fully saturated rings. The Morgan fingerprint density at radius 1 is 1.42 bits per heavy atom. The summed E-state index contributed by atoms with van der Waals surface area (Å²) in [5.41, 5.74) is 0.994. The number of benzene rings is 1. The summed E-state index contributed by atoms with van der Waals surface area (Å²) in [5.74, 6) is 1.48. The summed E-state index contributed by atoms with van der Waals surface area (Å²) in [6.07, 6.45) is 5.17.